The molecular formula is C28H39N7O3S. The zero-order chi connectivity index (χ0) is 27.7. The summed E-state index contributed by atoms with van der Waals surface area (Å²) in [7, 11) is -1.42. The highest BCUT2D eigenvalue weighted by molar-refractivity contribution is 7.91. The van der Waals surface area contributed by atoms with Gasteiger partial charge in [0.15, 0.2) is 9.84 Å². The minimum absolute atomic E-state index is 0.0333. The van der Waals surface area contributed by atoms with Gasteiger partial charge in [-0.25, -0.2) is 18.4 Å². The van der Waals surface area contributed by atoms with Gasteiger partial charge in [0, 0.05) is 75.5 Å². The van der Waals surface area contributed by atoms with Crippen molar-refractivity contribution in [2.75, 3.05) is 61.2 Å². The third-order valence-electron chi connectivity index (χ3n) is 8.05. The first-order valence-electron chi connectivity index (χ1n) is 13.6. The van der Waals surface area contributed by atoms with Crippen LogP contribution >= 0.6 is 0 Å². The van der Waals surface area contributed by atoms with E-state index < -0.39 is 15.1 Å². The van der Waals surface area contributed by atoms with Gasteiger partial charge in [0.1, 0.15) is 11.6 Å². The van der Waals surface area contributed by atoms with E-state index in [1.54, 1.807) is 13.3 Å². The molecule has 10 nitrogen and oxygen atoms in total. The van der Waals surface area contributed by atoms with Crippen molar-refractivity contribution in [2.45, 2.75) is 44.0 Å². The summed E-state index contributed by atoms with van der Waals surface area (Å²) in [6.45, 7) is 7.57. The molecule has 210 valence electrons. The van der Waals surface area contributed by atoms with Crippen LogP contribution in [-0.2, 0) is 14.6 Å². The van der Waals surface area contributed by atoms with Crippen LogP contribution in [0.15, 0.2) is 36.7 Å². The molecule has 4 heterocycles. The number of nitrogens with one attached hydrogen (secondary N) is 1. The molecule has 2 saturated heterocycles. The molecular weight excluding hydrogens is 514 g/mol. The summed E-state index contributed by atoms with van der Waals surface area (Å²) in [5, 5.41) is 5.05. The van der Waals surface area contributed by atoms with Crippen LogP contribution in [0.1, 0.15) is 38.2 Å². The molecule has 3 N–H and O–H groups in total. The van der Waals surface area contributed by atoms with Crippen LogP contribution in [0.3, 0.4) is 0 Å². The summed E-state index contributed by atoms with van der Waals surface area (Å²) in [6.07, 6.45) is 7.18. The fraction of sp³-hybridized carbons (Fsp3) is 0.536. The highest BCUT2D eigenvalue weighted by Gasteiger charge is 2.38. The number of methoxy groups -OCH3 is 1. The van der Waals surface area contributed by atoms with Crippen LogP contribution in [-0.4, -0.2) is 80.8 Å². The molecule has 1 aromatic carbocycles. The molecule has 39 heavy (non-hydrogen) atoms. The lowest BCUT2D eigenvalue weighted by molar-refractivity contribution is 0.0816. The van der Waals surface area contributed by atoms with E-state index in [1.807, 2.05) is 12.3 Å². The Kier molecular flexibility index (Phi) is 7.93. The van der Waals surface area contributed by atoms with Crippen molar-refractivity contribution < 1.29 is 13.2 Å². The molecule has 0 aliphatic carbocycles. The molecule has 5 rings (SSSR count). The lowest BCUT2D eigenvalue weighted by Crippen LogP contribution is -2.55. The Morgan fingerprint density at radius 2 is 1.82 bits per heavy atom. The monoisotopic (exact) mass is 553 g/mol. The third-order valence-corrected chi connectivity index (χ3v) is 9.73. The summed E-state index contributed by atoms with van der Waals surface area (Å²) in [6, 6.07) is 8.23. The average molecular weight is 554 g/mol. The summed E-state index contributed by atoms with van der Waals surface area (Å²) >= 11 is 0. The number of benzene rings is 1. The van der Waals surface area contributed by atoms with Gasteiger partial charge >= 0.3 is 0 Å². The molecule has 0 unspecified atom stereocenters. The highest BCUT2D eigenvalue weighted by atomic mass is 32.2. The van der Waals surface area contributed by atoms with E-state index in [1.165, 1.54) is 11.8 Å². The van der Waals surface area contributed by atoms with Gasteiger partial charge in [-0.3, -0.25) is 0 Å². The number of fused-ring (bicyclic) bond motifs is 1. The summed E-state index contributed by atoms with van der Waals surface area (Å²) < 4.78 is 29.8. The Morgan fingerprint density at radius 1 is 1.08 bits per heavy atom. The number of aromatic nitrogens is 3. The Morgan fingerprint density at radius 3 is 2.46 bits per heavy atom. The number of pyridine rings is 1. The van der Waals surface area contributed by atoms with Crippen LogP contribution in [0.4, 0.5) is 23.3 Å². The maximum Gasteiger partial charge on any atom is 0.227 e. The fourth-order valence-corrected chi connectivity index (χ4v) is 6.97. The van der Waals surface area contributed by atoms with Crippen LogP contribution in [0.5, 0.6) is 0 Å². The van der Waals surface area contributed by atoms with Gasteiger partial charge in [-0.2, -0.15) is 4.98 Å². The predicted molar refractivity (Wildman–Crippen MR) is 157 cm³/mol. The van der Waals surface area contributed by atoms with E-state index in [0.29, 0.717) is 42.7 Å². The number of ether oxygens (including phenoxy) is 1. The van der Waals surface area contributed by atoms with E-state index >= 15 is 0 Å². The molecule has 2 aliphatic rings. The number of anilines is 4. The van der Waals surface area contributed by atoms with Gasteiger partial charge in [-0.1, -0.05) is 19.9 Å². The largest absolute Gasteiger partial charge is 0.381 e. The van der Waals surface area contributed by atoms with Gasteiger partial charge in [-0.15, -0.1) is 0 Å². The Hall–Kier alpha value is -3.02. The van der Waals surface area contributed by atoms with Crippen LogP contribution in [0.25, 0.3) is 10.8 Å². The average Bonchev–Trinajstić information content (AvgIpc) is 2.89. The van der Waals surface area contributed by atoms with Gasteiger partial charge in [-0.05, 0) is 47.9 Å². The van der Waals surface area contributed by atoms with Crippen molar-refractivity contribution in [1.82, 2.24) is 15.0 Å². The maximum atomic E-state index is 12.2. The molecule has 2 aliphatic heterocycles. The smallest absolute Gasteiger partial charge is 0.227 e. The molecule has 2 aromatic heterocycles. The van der Waals surface area contributed by atoms with Gasteiger partial charge in [0.25, 0.3) is 0 Å². The second kappa shape index (κ2) is 11.2. The van der Waals surface area contributed by atoms with E-state index in [0.717, 1.165) is 42.4 Å². The number of hydrogen-bond donors (Lipinski definition) is 2. The summed E-state index contributed by atoms with van der Waals surface area (Å²) in [5.74, 6) is 2.48. The van der Waals surface area contributed by atoms with Crippen molar-refractivity contribution in [3.05, 3.63) is 42.2 Å². The van der Waals surface area contributed by atoms with E-state index in [2.05, 4.69) is 52.1 Å². The molecule has 3 aromatic rings. The van der Waals surface area contributed by atoms with E-state index in [9.17, 15) is 8.42 Å². The summed E-state index contributed by atoms with van der Waals surface area (Å²) in [4.78, 5) is 18.4. The van der Waals surface area contributed by atoms with E-state index in [4.69, 9.17) is 20.4 Å². The molecule has 0 spiro atoms. The van der Waals surface area contributed by atoms with Crippen LogP contribution in [0, 0.1) is 5.92 Å². The number of hydrogen-bond acceptors (Lipinski definition) is 10. The molecule has 0 bridgehead atoms. The Balaban J connectivity index is 1.38. The highest BCUT2D eigenvalue weighted by Crippen LogP contribution is 2.38. The SMILES string of the molecule is COC1CCN(c2nccc(Nc3cc4c(C(C)C)ccc(N5CC([C@H](CN)S(C)(=O)=O)C5)c4cn3)n2)CC1. The summed E-state index contributed by atoms with van der Waals surface area (Å²) in [5.41, 5.74) is 8.11. The molecule has 0 radical (unpaired) electrons. The molecule has 11 heteroatoms. The first kappa shape index (κ1) is 27.5. The van der Waals surface area contributed by atoms with Crippen molar-refractivity contribution >= 4 is 43.9 Å². The second-order valence-electron chi connectivity index (χ2n) is 11.0. The van der Waals surface area contributed by atoms with Crippen LogP contribution in [0.2, 0.25) is 0 Å². The van der Waals surface area contributed by atoms with Gasteiger partial charge in [0.2, 0.25) is 5.95 Å². The minimum atomic E-state index is -3.18. The first-order valence-corrected chi connectivity index (χ1v) is 15.6. The molecule has 2 fully saturated rings. The van der Waals surface area contributed by atoms with Crippen molar-refractivity contribution in [3.63, 3.8) is 0 Å². The molecule has 1 atom stereocenters. The number of nitrogens with zero attached hydrogens (tertiary/aromatic N) is 5. The lowest BCUT2D eigenvalue weighted by atomic mass is 9.91. The number of sulfone groups is 1. The molecule has 0 saturated carbocycles. The number of rotatable bonds is 9. The number of nitrogens with two attached hydrogens (primary N) is 1. The van der Waals surface area contributed by atoms with Gasteiger partial charge in [0.05, 0.1) is 11.4 Å². The molecule has 0 amide bonds. The quantitative estimate of drug-likeness (QED) is 0.407. The second-order valence-corrected chi connectivity index (χ2v) is 13.3. The van der Waals surface area contributed by atoms with Crippen molar-refractivity contribution in [3.8, 4) is 0 Å². The minimum Gasteiger partial charge on any atom is -0.381 e. The predicted octanol–water partition coefficient (Wildman–Crippen LogP) is 3.32. The Labute approximate surface area is 230 Å². The normalized spacial score (nSPS) is 18.0. The number of piperidine rings is 1. The van der Waals surface area contributed by atoms with E-state index in [-0.39, 0.29) is 12.5 Å². The first-order chi connectivity index (χ1) is 18.7. The fourth-order valence-electron chi connectivity index (χ4n) is 5.75. The Bertz CT molecular complexity index is 1420. The third kappa shape index (κ3) is 5.80. The standard InChI is InChI=1S/C28H39N7O3S/c1-18(2)21-5-6-24(35-16-19(17-35)25(14-29)39(4,36)37)23-15-31-27(13-22(21)23)32-26-7-10-30-28(33-26)34-11-8-20(38-3)9-12-34/h5-7,10,13,15,18-20,25H,8-9,11-12,14,16-17,29H2,1-4H3,(H,30,31,32,33)/t25-/m0/s1. The zero-order valence-electron chi connectivity index (χ0n) is 23.2. The zero-order valence-corrected chi connectivity index (χ0v) is 24.0. The van der Waals surface area contributed by atoms with Gasteiger partial charge < -0.3 is 25.6 Å². The van der Waals surface area contributed by atoms with Crippen molar-refractivity contribution in [2.24, 2.45) is 11.7 Å². The topological polar surface area (TPSA) is 127 Å². The lowest BCUT2D eigenvalue weighted by Gasteiger charge is -2.44. The van der Waals surface area contributed by atoms with Crippen LogP contribution < -0.4 is 20.9 Å². The maximum absolute atomic E-state index is 12.2. The van der Waals surface area contributed by atoms with Crippen molar-refractivity contribution in [1.29, 1.82) is 0 Å².